The van der Waals surface area contributed by atoms with Crippen molar-refractivity contribution < 1.29 is 9.66 Å². The molecule has 1 aliphatic heterocycles. The summed E-state index contributed by atoms with van der Waals surface area (Å²) in [5.41, 5.74) is 2.40. The Labute approximate surface area is 127 Å². The molecule has 0 radical (unpaired) electrons. The maximum Gasteiger partial charge on any atom is 0.372 e. The highest BCUT2D eigenvalue weighted by atomic mass is 16.6. The van der Waals surface area contributed by atoms with Gasteiger partial charge in [0.05, 0.1) is 12.0 Å². The molecule has 0 spiro atoms. The molecule has 0 fully saturated rings. The number of anilines is 1. The molecule has 0 N–H and O–H groups in total. The van der Waals surface area contributed by atoms with Gasteiger partial charge in [0.15, 0.2) is 0 Å². The number of hydrogen-bond donors (Lipinski definition) is 0. The molecule has 114 valence electrons. The van der Waals surface area contributed by atoms with Gasteiger partial charge in [-0.15, -0.1) is 0 Å². The molecule has 1 aromatic heterocycles. The third-order valence-electron chi connectivity index (χ3n) is 3.87. The first kappa shape index (κ1) is 14.2. The van der Waals surface area contributed by atoms with E-state index in [0.29, 0.717) is 18.9 Å². The van der Waals surface area contributed by atoms with Crippen LogP contribution in [0, 0.1) is 10.1 Å². The number of methoxy groups -OCH3 is 1. The second-order valence-corrected chi connectivity index (χ2v) is 5.07. The molecule has 1 aromatic carbocycles. The molecule has 0 saturated heterocycles. The van der Waals surface area contributed by atoms with Gasteiger partial charge < -0.3 is 9.64 Å². The normalized spacial score (nSPS) is 14.1. The van der Waals surface area contributed by atoms with Crippen LogP contribution in [0.5, 0.6) is 5.88 Å². The van der Waals surface area contributed by atoms with Crippen molar-refractivity contribution in [1.82, 2.24) is 9.97 Å². The van der Waals surface area contributed by atoms with Gasteiger partial charge in [-0.25, -0.2) is 4.98 Å². The van der Waals surface area contributed by atoms with Crippen molar-refractivity contribution in [1.29, 1.82) is 0 Å². The van der Waals surface area contributed by atoms with Crippen molar-refractivity contribution in [3.63, 3.8) is 0 Å². The summed E-state index contributed by atoms with van der Waals surface area (Å²) in [5, 5.41) is 11.4. The summed E-state index contributed by atoms with van der Waals surface area (Å²) in [6.07, 6.45) is 2.97. The standard InChI is InChI=1S/C15H16N4O3/c1-22-15-13(19(20)21)14(16-10-17-15)18-8-6-11-4-2-3-5-12(11)7-9-18/h2-5,10H,6-9H2,1H3. The van der Waals surface area contributed by atoms with Crippen LogP contribution in [-0.4, -0.2) is 35.1 Å². The summed E-state index contributed by atoms with van der Waals surface area (Å²) in [6.45, 7) is 1.36. The maximum absolute atomic E-state index is 11.4. The fourth-order valence-corrected chi connectivity index (χ4v) is 2.77. The number of aromatic nitrogens is 2. The molecule has 3 rings (SSSR count). The molecule has 7 heteroatoms. The zero-order valence-electron chi connectivity index (χ0n) is 12.2. The Morgan fingerprint density at radius 3 is 2.36 bits per heavy atom. The lowest BCUT2D eigenvalue weighted by Crippen LogP contribution is -2.28. The van der Waals surface area contributed by atoms with Crippen LogP contribution in [0.4, 0.5) is 11.5 Å². The van der Waals surface area contributed by atoms with Crippen LogP contribution < -0.4 is 9.64 Å². The van der Waals surface area contributed by atoms with Gasteiger partial charge in [0.2, 0.25) is 5.82 Å². The van der Waals surface area contributed by atoms with Gasteiger partial charge in [-0.1, -0.05) is 24.3 Å². The molecule has 22 heavy (non-hydrogen) atoms. The lowest BCUT2D eigenvalue weighted by Gasteiger charge is -2.21. The summed E-state index contributed by atoms with van der Waals surface area (Å²) in [4.78, 5) is 20.8. The van der Waals surface area contributed by atoms with Crippen molar-refractivity contribution in [3.8, 4) is 5.88 Å². The van der Waals surface area contributed by atoms with E-state index in [1.807, 2.05) is 17.0 Å². The van der Waals surface area contributed by atoms with Gasteiger partial charge in [-0.05, 0) is 24.0 Å². The summed E-state index contributed by atoms with van der Waals surface area (Å²) in [6, 6.07) is 8.25. The van der Waals surface area contributed by atoms with Gasteiger partial charge in [-0.2, -0.15) is 4.98 Å². The topological polar surface area (TPSA) is 81.4 Å². The van der Waals surface area contributed by atoms with E-state index in [4.69, 9.17) is 4.74 Å². The van der Waals surface area contributed by atoms with Gasteiger partial charge >= 0.3 is 5.69 Å². The predicted molar refractivity (Wildman–Crippen MR) is 81.3 cm³/mol. The van der Waals surface area contributed by atoms with Crippen LogP contribution in [0.1, 0.15) is 11.1 Å². The van der Waals surface area contributed by atoms with Crippen molar-refractivity contribution in [2.45, 2.75) is 12.8 Å². The summed E-state index contributed by atoms with van der Waals surface area (Å²) in [7, 11) is 1.37. The predicted octanol–water partition coefficient (Wildman–Crippen LogP) is 2.00. The Balaban J connectivity index is 1.94. The molecule has 1 aliphatic rings. The zero-order valence-corrected chi connectivity index (χ0v) is 12.2. The third kappa shape index (κ3) is 2.57. The Morgan fingerprint density at radius 1 is 1.18 bits per heavy atom. The number of benzene rings is 1. The second kappa shape index (κ2) is 5.97. The number of ether oxygens (including phenoxy) is 1. The summed E-state index contributed by atoms with van der Waals surface area (Å²) < 4.78 is 5.01. The Morgan fingerprint density at radius 2 is 1.82 bits per heavy atom. The van der Waals surface area contributed by atoms with E-state index in [1.165, 1.54) is 24.6 Å². The van der Waals surface area contributed by atoms with E-state index >= 15 is 0 Å². The molecule has 7 nitrogen and oxygen atoms in total. The van der Waals surface area contributed by atoms with E-state index in [1.54, 1.807) is 0 Å². The lowest BCUT2D eigenvalue weighted by atomic mass is 10.0. The van der Waals surface area contributed by atoms with Crippen LogP contribution in [0.3, 0.4) is 0 Å². The largest absolute Gasteiger partial charge is 0.476 e. The first-order valence-corrected chi connectivity index (χ1v) is 7.06. The van der Waals surface area contributed by atoms with E-state index in [2.05, 4.69) is 22.1 Å². The van der Waals surface area contributed by atoms with Crippen molar-refractivity contribution in [3.05, 3.63) is 51.8 Å². The molecule has 2 heterocycles. The van der Waals surface area contributed by atoms with Crippen LogP contribution in [0.25, 0.3) is 0 Å². The van der Waals surface area contributed by atoms with Crippen LogP contribution in [0.2, 0.25) is 0 Å². The molecule has 0 saturated carbocycles. The monoisotopic (exact) mass is 300 g/mol. The molecule has 2 aromatic rings. The average Bonchev–Trinajstić information content (AvgIpc) is 2.76. The lowest BCUT2D eigenvalue weighted by molar-refractivity contribution is -0.385. The third-order valence-corrected chi connectivity index (χ3v) is 3.87. The fourth-order valence-electron chi connectivity index (χ4n) is 2.77. The minimum absolute atomic E-state index is 0.00300. The minimum Gasteiger partial charge on any atom is -0.476 e. The Bertz CT molecular complexity index is 678. The van der Waals surface area contributed by atoms with Crippen LogP contribution in [0.15, 0.2) is 30.6 Å². The molecule has 0 bridgehead atoms. The number of fused-ring (bicyclic) bond motifs is 1. The first-order chi connectivity index (χ1) is 10.7. The van der Waals surface area contributed by atoms with E-state index in [9.17, 15) is 10.1 Å². The Kier molecular flexibility index (Phi) is 3.86. The highest BCUT2D eigenvalue weighted by molar-refractivity contribution is 5.63. The van der Waals surface area contributed by atoms with Gasteiger partial charge in [-0.3, -0.25) is 10.1 Å². The second-order valence-electron chi connectivity index (χ2n) is 5.07. The quantitative estimate of drug-likeness (QED) is 0.637. The van der Waals surface area contributed by atoms with Crippen molar-refractivity contribution >= 4 is 11.5 Å². The Hall–Kier alpha value is -2.70. The summed E-state index contributed by atoms with van der Waals surface area (Å²) >= 11 is 0. The van der Waals surface area contributed by atoms with Crippen molar-refractivity contribution in [2.75, 3.05) is 25.1 Å². The molecule has 0 amide bonds. The fraction of sp³-hybridized carbons (Fsp3) is 0.333. The number of rotatable bonds is 3. The minimum atomic E-state index is -0.480. The molecule has 0 aliphatic carbocycles. The molecular formula is C15H16N4O3. The van der Waals surface area contributed by atoms with Gasteiger partial charge in [0.25, 0.3) is 5.88 Å². The van der Waals surface area contributed by atoms with Crippen LogP contribution >= 0.6 is 0 Å². The first-order valence-electron chi connectivity index (χ1n) is 7.06. The SMILES string of the molecule is COc1ncnc(N2CCc3ccccc3CC2)c1[N+](=O)[O-]. The van der Waals surface area contributed by atoms with E-state index in [-0.39, 0.29) is 11.6 Å². The number of nitrogens with zero attached hydrogens (tertiary/aromatic N) is 4. The van der Waals surface area contributed by atoms with E-state index < -0.39 is 4.92 Å². The number of hydrogen-bond acceptors (Lipinski definition) is 6. The highest BCUT2D eigenvalue weighted by Gasteiger charge is 2.28. The average molecular weight is 300 g/mol. The van der Waals surface area contributed by atoms with Crippen LogP contribution in [-0.2, 0) is 12.8 Å². The van der Waals surface area contributed by atoms with Crippen molar-refractivity contribution in [2.24, 2.45) is 0 Å². The summed E-state index contributed by atoms with van der Waals surface area (Å²) in [5.74, 6) is 0.321. The molecule has 0 unspecified atom stereocenters. The smallest absolute Gasteiger partial charge is 0.372 e. The highest BCUT2D eigenvalue weighted by Crippen LogP contribution is 2.34. The maximum atomic E-state index is 11.4. The number of nitro groups is 1. The molecule has 0 atom stereocenters. The van der Waals surface area contributed by atoms with E-state index in [0.717, 1.165) is 12.8 Å². The zero-order chi connectivity index (χ0) is 15.5. The molecular weight excluding hydrogens is 284 g/mol. The van der Waals surface area contributed by atoms with Gasteiger partial charge in [0, 0.05) is 13.1 Å². The van der Waals surface area contributed by atoms with Gasteiger partial charge in [0.1, 0.15) is 6.33 Å².